The molecule has 2 aliphatic heterocycles. The Bertz CT molecular complexity index is 1020. The van der Waals surface area contributed by atoms with Crippen LogP contribution in [0.25, 0.3) is 0 Å². The number of hydrogen-bond donors (Lipinski definition) is 2. The Morgan fingerprint density at radius 1 is 1.17 bits per heavy atom. The predicted octanol–water partition coefficient (Wildman–Crippen LogP) is 3.82. The predicted molar refractivity (Wildman–Crippen MR) is 109 cm³/mol. The summed E-state index contributed by atoms with van der Waals surface area (Å²) in [6.07, 6.45) is 0.265. The molecule has 1 saturated heterocycles. The average Bonchev–Trinajstić information content (AvgIpc) is 2.90. The van der Waals surface area contributed by atoms with Crippen LogP contribution in [0, 0.1) is 0 Å². The highest BCUT2D eigenvalue weighted by atomic mass is 35.5. The first-order chi connectivity index (χ1) is 13.8. The van der Waals surface area contributed by atoms with Crippen LogP contribution in [0.3, 0.4) is 0 Å². The molecular formula is C19H14Cl3N3O4. The molecule has 1 unspecified atom stereocenters. The van der Waals surface area contributed by atoms with E-state index in [0.717, 1.165) is 4.90 Å². The van der Waals surface area contributed by atoms with Crippen LogP contribution in [0.5, 0.6) is 5.75 Å². The van der Waals surface area contributed by atoms with Crippen molar-refractivity contribution in [2.24, 2.45) is 0 Å². The number of benzene rings is 2. The number of ether oxygens (including phenoxy) is 1. The maximum atomic E-state index is 13.2. The van der Waals surface area contributed by atoms with E-state index in [2.05, 4.69) is 10.6 Å². The van der Waals surface area contributed by atoms with Gasteiger partial charge in [-0.1, -0.05) is 53.0 Å². The highest BCUT2D eigenvalue weighted by Gasteiger charge is 2.55. The summed E-state index contributed by atoms with van der Waals surface area (Å²) in [6.45, 7) is -0.232. The molecule has 2 aromatic rings. The van der Waals surface area contributed by atoms with Crippen molar-refractivity contribution in [3.8, 4) is 5.75 Å². The fourth-order valence-electron chi connectivity index (χ4n) is 3.50. The van der Waals surface area contributed by atoms with Gasteiger partial charge in [0, 0.05) is 17.0 Å². The zero-order valence-electron chi connectivity index (χ0n) is 14.8. The number of halogens is 3. The first kappa shape index (κ1) is 19.8. The third kappa shape index (κ3) is 3.39. The van der Waals surface area contributed by atoms with Crippen LogP contribution in [0.1, 0.15) is 12.0 Å². The maximum absolute atomic E-state index is 13.2. The van der Waals surface area contributed by atoms with Gasteiger partial charge in [0.25, 0.3) is 5.91 Å². The van der Waals surface area contributed by atoms with Gasteiger partial charge in [-0.3, -0.25) is 14.5 Å². The Hall–Kier alpha value is -2.48. The van der Waals surface area contributed by atoms with Gasteiger partial charge in [-0.2, -0.15) is 0 Å². The molecule has 2 aliphatic rings. The van der Waals surface area contributed by atoms with Crippen LogP contribution in [0.2, 0.25) is 15.1 Å². The molecule has 1 fully saturated rings. The van der Waals surface area contributed by atoms with E-state index in [9.17, 15) is 14.4 Å². The molecule has 2 heterocycles. The second-order valence-electron chi connectivity index (χ2n) is 6.61. The summed E-state index contributed by atoms with van der Waals surface area (Å²) in [6, 6.07) is 9.19. The molecule has 0 aliphatic carbocycles. The summed E-state index contributed by atoms with van der Waals surface area (Å²) in [5.74, 6) is -0.614. The Balaban J connectivity index is 1.56. The standard InChI is InChI=1S/C19H14Cl3N3O4/c20-10-7-12(21)16(13(22)8-10)23-15(26)9-25-17(27)19(24-18(25)28)5-6-29-14-4-2-1-3-11(14)19/h1-4,7-8H,5-6,9H2,(H,23,26)(H,24,28). The van der Waals surface area contributed by atoms with Crippen LogP contribution in [-0.4, -0.2) is 35.9 Å². The van der Waals surface area contributed by atoms with Crippen LogP contribution < -0.4 is 15.4 Å². The van der Waals surface area contributed by atoms with Crippen molar-refractivity contribution in [1.82, 2.24) is 10.2 Å². The molecule has 7 nitrogen and oxygen atoms in total. The lowest BCUT2D eigenvalue weighted by Crippen LogP contribution is -2.48. The van der Waals surface area contributed by atoms with Crippen molar-refractivity contribution in [3.05, 3.63) is 57.0 Å². The third-order valence-electron chi connectivity index (χ3n) is 4.83. The summed E-state index contributed by atoms with van der Waals surface area (Å²) < 4.78 is 5.58. The molecule has 2 N–H and O–H groups in total. The van der Waals surface area contributed by atoms with Crippen LogP contribution in [0.15, 0.2) is 36.4 Å². The summed E-state index contributed by atoms with van der Waals surface area (Å²) in [4.78, 5) is 39.1. The van der Waals surface area contributed by atoms with E-state index in [0.29, 0.717) is 16.3 Å². The lowest BCUT2D eigenvalue weighted by atomic mass is 9.84. The van der Waals surface area contributed by atoms with Gasteiger partial charge in [-0.25, -0.2) is 4.79 Å². The monoisotopic (exact) mass is 453 g/mol. The summed E-state index contributed by atoms with van der Waals surface area (Å²) in [7, 11) is 0. The number of fused-ring (bicyclic) bond motifs is 2. The van der Waals surface area contributed by atoms with Crippen molar-refractivity contribution in [1.29, 1.82) is 0 Å². The van der Waals surface area contributed by atoms with E-state index in [1.807, 2.05) is 0 Å². The molecule has 150 valence electrons. The number of nitrogens with zero attached hydrogens (tertiary/aromatic N) is 1. The molecule has 4 amide bonds. The number of anilines is 1. The van der Waals surface area contributed by atoms with Crippen LogP contribution in [-0.2, 0) is 15.1 Å². The molecular weight excluding hydrogens is 441 g/mol. The second kappa shape index (κ2) is 7.40. The number of amides is 4. The first-order valence-corrected chi connectivity index (χ1v) is 9.76. The molecule has 29 heavy (non-hydrogen) atoms. The SMILES string of the molecule is O=C(CN1C(=O)NC2(CCOc3ccccc32)C1=O)Nc1c(Cl)cc(Cl)cc1Cl. The summed E-state index contributed by atoms with van der Waals surface area (Å²) >= 11 is 18.0. The first-order valence-electron chi connectivity index (χ1n) is 8.62. The van der Waals surface area contributed by atoms with E-state index in [1.165, 1.54) is 12.1 Å². The molecule has 1 atom stereocenters. The highest BCUT2D eigenvalue weighted by molar-refractivity contribution is 6.42. The van der Waals surface area contributed by atoms with Gasteiger partial charge < -0.3 is 15.4 Å². The zero-order valence-corrected chi connectivity index (χ0v) is 17.1. The Labute approximate surface area is 180 Å². The van der Waals surface area contributed by atoms with E-state index in [4.69, 9.17) is 39.5 Å². The van der Waals surface area contributed by atoms with Gasteiger partial charge >= 0.3 is 6.03 Å². The maximum Gasteiger partial charge on any atom is 0.325 e. The number of carbonyl (C=O) groups is 3. The van der Waals surface area contributed by atoms with Gasteiger partial charge in [-0.05, 0) is 18.2 Å². The lowest BCUT2D eigenvalue weighted by molar-refractivity contribution is -0.135. The summed E-state index contributed by atoms with van der Waals surface area (Å²) in [5, 5.41) is 5.85. The van der Waals surface area contributed by atoms with Crippen molar-refractivity contribution in [2.45, 2.75) is 12.0 Å². The van der Waals surface area contributed by atoms with Gasteiger partial charge in [0.15, 0.2) is 5.54 Å². The molecule has 0 radical (unpaired) electrons. The largest absolute Gasteiger partial charge is 0.493 e. The highest BCUT2D eigenvalue weighted by Crippen LogP contribution is 2.41. The smallest absolute Gasteiger partial charge is 0.325 e. The second-order valence-corrected chi connectivity index (χ2v) is 7.86. The summed E-state index contributed by atoms with van der Waals surface area (Å²) in [5.41, 5.74) is -0.529. The normalized spacial score (nSPS) is 20.3. The molecule has 0 saturated carbocycles. The van der Waals surface area contributed by atoms with E-state index in [-0.39, 0.29) is 28.8 Å². The molecule has 1 spiro atoms. The molecule has 2 aromatic carbocycles. The quantitative estimate of drug-likeness (QED) is 0.690. The molecule has 0 bridgehead atoms. The number of imide groups is 1. The van der Waals surface area contributed by atoms with Gasteiger partial charge in [0.2, 0.25) is 5.91 Å². The Morgan fingerprint density at radius 3 is 2.59 bits per heavy atom. The average molecular weight is 455 g/mol. The van der Waals surface area contributed by atoms with E-state index in [1.54, 1.807) is 24.3 Å². The molecule has 10 heteroatoms. The Morgan fingerprint density at radius 2 is 1.86 bits per heavy atom. The van der Waals surface area contributed by atoms with Crippen molar-refractivity contribution in [2.75, 3.05) is 18.5 Å². The topological polar surface area (TPSA) is 87.7 Å². The number of rotatable bonds is 3. The van der Waals surface area contributed by atoms with Crippen molar-refractivity contribution in [3.63, 3.8) is 0 Å². The van der Waals surface area contributed by atoms with Gasteiger partial charge in [0.1, 0.15) is 12.3 Å². The van der Waals surface area contributed by atoms with Crippen molar-refractivity contribution >= 4 is 58.3 Å². The number of para-hydroxylation sites is 1. The van der Waals surface area contributed by atoms with Gasteiger partial charge in [-0.15, -0.1) is 0 Å². The van der Waals surface area contributed by atoms with Crippen LogP contribution in [0.4, 0.5) is 10.5 Å². The lowest BCUT2D eigenvalue weighted by Gasteiger charge is -2.33. The Kier molecular flexibility index (Phi) is 5.06. The number of hydrogen-bond acceptors (Lipinski definition) is 4. The fourth-order valence-corrected chi connectivity index (χ4v) is 4.41. The fraction of sp³-hybridized carbons (Fsp3) is 0.211. The number of nitrogens with one attached hydrogen (secondary N) is 2. The minimum absolute atomic E-state index is 0.142. The van der Waals surface area contributed by atoms with Crippen molar-refractivity contribution < 1.29 is 19.1 Å². The molecule has 4 rings (SSSR count). The number of urea groups is 1. The van der Waals surface area contributed by atoms with E-state index >= 15 is 0 Å². The van der Waals surface area contributed by atoms with Gasteiger partial charge in [0.05, 0.1) is 22.3 Å². The van der Waals surface area contributed by atoms with Crippen LogP contribution >= 0.6 is 34.8 Å². The minimum atomic E-state index is -1.25. The van der Waals surface area contributed by atoms with E-state index < -0.39 is 29.9 Å². The molecule has 0 aromatic heterocycles. The number of carbonyl (C=O) groups excluding carboxylic acids is 3. The third-order valence-corrected chi connectivity index (χ3v) is 5.64. The minimum Gasteiger partial charge on any atom is -0.493 e. The zero-order chi connectivity index (χ0) is 20.8.